The zero-order valence-electron chi connectivity index (χ0n) is 9.50. The van der Waals surface area contributed by atoms with Crippen molar-refractivity contribution < 1.29 is 19.4 Å². The Labute approximate surface area is 113 Å². The molecular weight excluding hydrogens is 279 g/mol. The third kappa shape index (κ3) is 2.44. The number of benzene rings is 1. The molecule has 1 unspecified atom stereocenters. The van der Waals surface area contributed by atoms with Crippen LogP contribution in [0.15, 0.2) is 12.1 Å². The van der Waals surface area contributed by atoms with Crippen LogP contribution in [0.2, 0.25) is 10.0 Å². The van der Waals surface area contributed by atoms with Gasteiger partial charge in [-0.15, -0.1) is 0 Å². The summed E-state index contributed by atoms with van der Waals surface area (Å²) in [4.78, 5) is 22.8. The summed E-state index contributed by atoms with van der Waals surface area (Å²) in [6.07, 6.45) is -0.278. The molecule has 0 spiro atoms. The fourth-order valence-electron chi connectivity index (χ4n) is 2.01. The summed E-state index contributed by atoms with van der Waals surface area (Å²) in [7, 11) is 0. The third-order valence-corrected chi connectivity index (χ3v) is 3.22. The number of Topliss-reactive ketones (excluding diaryl/α,β-unsaturated/α-hetero) is 1. The number of fused-ring (bicyclic) bond motifs is 1. The molecule has 0 saturated carbocycles. The van der Waals surface area contributed by atoms with Gasteiger partial charge < -0.3 is 9.84 Å². The van der Waals surface area contributed by atoms with Crippen molar-refractivity contribution in [3.8, 4) is 5.75 Å². The van der Waals surface area contributed by atoms with Crippen LogP contribution in [0.25, 0.3) is 0 Å². The van der Waals surface area contributed by atoms with Crippen molar-refractivity contribution in [2.24, 2.45) is 0 Å². The van der Waals surface area contributed by atoms with Gasteiger partial charge in [-0.05, 0) is 19.1 Å². The van der Waals surface area contributed by atoms with Crippen molar-refractivity contribution >= 4 is 35.0 Å². The van der Waals surface area contributed by atoms with Crippen molar-refractivity contribution in [2.75, 3.05) is 0 Å². The van der Waals surface area contributed by atoms with Gasteiger partial charge >= 0.3 is 5.97 Å². The van der Waals surface area contributed by atoms with Gasteiger partial charge in [0.1, 0.15) is 11.4 Å². The molecular formula is C12H10Cl2O4. The number of hydrogen-bond acceptors (Lipinski definition) is 3. The molecule has 1 aliphatic rings. The number of rotatable bonds is 2. The molecule has 96 valence electrons. The van der Waals surface area contributed by atoms with Gasteiger partial charge in [-0.3, -0.25) is 9.59 Å². The monoisotopic (exact) mass is 288 g/mol. The number of carboxylic acid groups (broad SMARTS) is 1. The predicted molar refractivity (Wildman–Crippen MR) is 66.7 cm³/mol. The number of carbonyl (C=O) groups excluding carboxylic acids is 1. The molecule has 0 fully saturated rings. The lowest BCUT2D eigenvalue weighted by Crippen LogP contribution is -2.41. The molecule has 2 rings (SSSR count). The third-order valence-electron chi connectivity index (χ3n) is 2.72. The number of carboxylic acids is 1. The number of hydrogen-bond donors (Lipinski definition) is 1. The molecule has 1 aliphatic heterocycles. The normalized spacial score (nSPS) is 22.3. The Kier molecular flexibility index (Phi) is 3.25. The lowest BCUT2D eigenvalue weighted by Gasteiger charge is -2.34. The number of halogens is 2. The second-order valence-electron chi connectivity index (χ2n) is 4.49. The second kappa shape index (κ2) is 4.44. The Morgan fingerprint density at radius 1 is 1.50 bits per heavy atom. The summed E-state index contributed by atoms with van der Waals surface area (Å²) < 4.78 is 5.59. The second-order valence-corrected chi connectivity index (χ2v) is 5.33. The highest BCUT2D eigenvalue weighted by Crippen LogP contribution is 2.41. The quantitative estimate of drug-likeness (QED) is 0.908. The van der Waals surface area contributed by atoms with Crippen LogP contribution in [0, 0.1) is 0 Å². The fourth-order valence-corrected chi connectivity index (χ4v) is 2.54. The lowest BCUT2D eigenvalue weighted by molar-refractivity contribution is -0.141. The van der Waals surface area contributed by atoms with Crippen LogP contribution in [0.5, 0.6) is 5.75 Å². The molecule has 4 nitrogen and oxygen atoms in total. The highest BCUT2D eigenvalue weighted by atomic mass is 35.5. The van der Waals surface area contributed by atoms with E-state index in [1.807, 2.05) is 0 Å². The van der Waals surface area contributed by atoms with E-state index in [1.54, 1.807) is 6.92 Å². The molecule has 1 N–H and O–H groups in total. The van der Waals surface area contributed by atoms with Crippen LogP contribution in [0.3, 0.4) is 0 Å². The minimum atomic E-state index is -1.08. The number of aliphatic carboxylic acids is 1. The van der Waals surface area contributed by atoms with Gasteiger partial charge in [0.05, 0.1) is 23.4 Å². The maximum absolute atomic E-state index is 12.0. The molecule has 0 aromatic heterocycles. The number of carbonyl (C=O) groups is 2. The molecule has 0 amide bonds. The summed E-state index contributed by atoms with van der Waals surface area (Å²) in [5, 5.41) is 9.39. The zero-order chi connectivity index (χ0) is 13.5. The standard InChI is InChI=1S/C12H10Cl2O4/c1-12(5-10(16)17)4-9(15)7-2-6(13)3-8(14)11(7)18-12/h2-3H,4-5H2,1H3,(H,16,17). The SMILES string of the molecule is CC1(CC(=O)O)CC(=O)c2cc(Cl)cc(Cl)c2O1. The predicted octanol–water partition coefficient (Wildman–Crippen LogP) is 3.19. The first-order chi connectivity index (χ1) is 8.31. The van der Waals surface area contributed by atoms with Gasteiger partial charge in [0.15, 0.2) is 5.78 Å². The van der Waals surface area contributed by atoms with Crippen LogP contribution in [0.1, 0.15) is 30.1 Å². The minimum Gasteiger partial charge on any atom is -0.484 e. The Hall–Kier alpha value is -1.26. The van der Waals surface area contributed by atoms with E-state index >= 15 is 0 Å². The van der Waals surface area contributed by atoms with E-state index in [0.717, 1.165) is 0 Å². The topological polar surface area (TPSA) is 63.6 Å². The molecule has 0 saturated heterocycles. The summed E-state index contributed by atoms with van der Waals surface area (Å²) >= 11 is 11.8. The Morgan fingerprint density at radius 3 is 2.78 bits per heavy atom. The van der Waals surface area contributed by atoms with Crippen LogP contribution >= 0.6 is 23.2 Å². The molecule has 1 heterocycles. The fraction of sp³-hybridized carbons (Fsp3) is 0.333. The van der Waals surface area contributed by atoms with Gasteiger partial charge in [0, 0.05) is 5.02 Å². The van der Waals surface area contributed by atoms with E-state index in [0.29, 0.717) is 10.6 Å². The first-order valence-corrected chi connectivity index (χ1v) is 5.99. The molecule has 1 aromatic carbocycles. The smallest absolute Gasteiger partial charge is 0.307 e. The van der Waals surface area contributed by atoms with Gasteiger partial charge in [-0.25, -0.2) is 0 Å². The molecule has 0 aliphatic carbocycles. The van der Waals surface area contributed by atoms with Crippen molar-refractivity contribution in [3.63, 3.8) is 0 Å². The number of ether oxygens (including phenoxy) is 1. The van der Waals surface area contributed by atoms with E-state index in [2.05, 4.69) is 0 Å². The first kappa shape index (κ1) is 13.2. The van der Waals surface area contributed by atoms with Crippen molar-refractivity contribution in [2.45, 2.75) is 25.4 Å². The molecule has 0 bridgehead atoms. The summed E-state index contributed by atoms with van der Waals surface area (Å²) in [5.41, 5.74) is -0.775. The average Bonchev–Trinajstić information content (AvgIpc) is 2.18. The van der Waals surface area contributed by atoms with Crippen LogP contribution in [-0.4, -0.2) is 22.5 Å². The summed E-state index contributed by atoms with van der Waals surface area (Å²) in [5.74, 6) is -1.04. The van der Waals surface area contributed by atoms with Crippen molar-refractivity contribution in [1.82, 2.24) is 0 Å². The lowest BCUT2D eigenvalue weighted by atomic mass is 9.89. The summed E-state index contributed by atoms with van der Waals surface area (Å²) in [6, 6.07) is 2.94. The molecule has 1 atom stereocenters. The Bertz CT molecular complexity index is 541. The zero-order valence-corrected chi connectivity index (χ0v) is 11.0. The molecule has 1 aromatic rings. The maximum Gasteiger partial charge on any atom is 0.307 e. The van der Waals surface area contributed by atoms with Gasteiger partial charge in [0.25, 0.3) is 0 Å². The van der Waals surface area contributed by atoms with Gasteiger partial charge in [-0.1, -0.05) is 23.2 Å². The highest BCUT2D eigenvalue weighted by Gasteiger charge is 2.39. The van der Waals surface area contributed by atoms with Gasteiger partial charge in [0.2, 0.25) is 0 Å². The van der Waals surface area contributed by atoms with Crippen molar-refractivity contribution in [3.05, 3.63) is 27.7 Å². The van der Waals surface area contributed by atoms with E-state index in [9.17, 15) is 9.59 Å². The van der Waals surface area contributed by atoms with E-state index in [4.69, 9.17) is 33.0 Å². The Balaban J connectivity index is 2.45. The van der Waals surface area contributed by atoms with Crippen LogP contribution in [-0.2, 0) is 4.79 Å². The van der Waals surface area contributed by atoms with Crippen molar-refractivity contribution in [1.29, 1.82) is 0 Å². The van der Waals surface area contributed by atoms with Crippen LogP contribution in [0.4, 0.5) is 0 Å². The molecule has 18 heavy (non-hydrogen) atoms. The average molecular weight is 289 g/mol. The Morgan fingerprint density at radius 2 is 2.17 bits per heavy atom. The minimum absolute atomic E-state index is 0.0109. The first-order valence-electron chi connectivity index (χ1n) is 5.24. The van der Waals surface area contributed by atoms with Crippen LogP contribution < -0.4 is 4.74 Å². The molecule has 6 heteroatoms. The van der Waals surface area contributed by atoms with E-state index in [-0.39, 0.29) is 29.4 Å². The summed E-state index contributed by atoms with van der Waals surface area (Å²) in [6.45, 7) is 1.58. The highest BCUT2D eigenvalue weighted by molar-refractivity contribution is 6.36. The maximum atomic E-state index is 12.0. The van der Waals surface area contributed by atoms with Gasteiger partial charge in [-0.2, -0.15) is 0 Å². The number of ketones is 1. The van der Waals surface area contributed by atoms with E-state index < -0.39 is 11.6 Å². The van der Waals surface area contributed by atoms with E-state index in [1.165, 1.54) is 12.1 Å². The molecule has 0 radical (unpaired) electrons. The largest absolute Gasteiger partial charge is 0.484 e.